The summed E-state index contributed by atoms with van der Waals surface area (Å²) in [5.41, 5.74) is 0. The van der Waals surface area contributed by atoms with Crippen LogP contribution in [0.15, 0.2) is 15.6 Å². The third-order valence-corrected chi connectivity index (χ3v) is 4.13. The SMILES string of the molecule is O=S1(=O)C=C(OC2CCCSC2)C=N1. The number of hydrogen-bond donors (Lipinski definition) is 0. The number of rotatable bonds is 2. The highest BCUT2D eigenvalue weighted by molar-refractivity contribution is 7.99. The van der Waals surface area contributed by atoms with Crippen LogP contribution in [0.5, 0.6) is 0 Å². The lowest BCUT2D eigenvalue weighted by Gasteiger charge is -2.21. The first-order valence-corrected chi connectivity index (χ1v) is 7.08. The normalized spacial score (nSPS) is 30.0. The summed E-state index contributed by atoms with van der Waals surface area (Å²) in [5.74, 6) is 2.48. The maximum atomic E-state index is 10.9. The molecule has 6 heteroatoms. The van der Waals surface area contributed by atoms with Crippen molar-refractivity contribution in [1.29, 1.82) is 0 Å². The van der Waals surface area contributed by atoms with Crippen LogP contribution in [0.3, 0.4) is 0 Å². The molecule has 0 bridgehead atoms. The Bertz CT molecular complexity index is 366. The summed E-state index contributed by atoms with van der Waals surface area (Å²) in [6.45, 7) is 0. The Morgan fingerprint density at radius 2 is 2.43 bits per heavy atom. The molecular formula is C8H11NO3S2. The van der Waals surface area contributed by atoms with Crippen LogP contribution in [0.2, 0.25) is 0 Å². The lowest BCUT2D eigenvalue weighted by atomic mass is 10.2. The summed E-state index contributed by atoms with van der Waals surface area (Å²) in [5, 5.41) is 1.08. The average molecular weight is 233 g/mol. The van der Waals surface area contributed by atoms with Gasteiger partial charge in [0.25, 0.3) is 10.0 Å². The van der Waals surface area contributed by atoms with Crippen molar-refractivity contribution in [3.63, 3.8) is 0 Å². The summed E-state index contributed by atoms with van der Waals surface area (Å²) >= 11 is 1.84. The molecule has 4 nitrogen and oxygen atoms in total. The fourth-order valence-corrected chi connectivity index (χ4v) is 3.14. The van der Waals surface area contributed by atoms with Gasteiger partial charge in [-0.1, -0.05) is 0 Å². The highest BCUT2D eigenvalue weighted by Gasteiger charge is 2.20. The van der Waals surface area contributed by atoms with E-state index in [0.717, 1.165) is 24.0 Å². The number of sulfonamides is 1. The van der Waals surface area contributed by atoms with Crippen molar-refractivity contribution in [1.82, 2.24) is 0 Å². The molecule has 0 amide bonds. The molecule has 1 fully saturated rings. The van der Waals surface area contributed by atoms with E-state index in [2.05, 4.69) is 4.40 Å². The second-order valence-corrected chi connectivity index (χ2v) is 5.85. The standard InChI is InChI=1S/C8H11NO3S2/c10-14(11)6-8(4-9-14)12-7-2-1-3-13-5-7/h4,6-7H,1-3,5H2. The molecule has 0 aromatic carbocycles. The minimum atomic E-state index is -3.37. The third kappa shape index (κ3) is 2.51. The van der Waals surface area contributed by atoms with Crippen LogP contribution in [0, 0.1) is 0 Å². The van der Waals surface area contributed by atoms with Gasteiger partial charge >= 0.3 is 0 Å². The van der Waals surface area contributed by atoms with Gasteiger partial charge in [-0.25, -0.2) is 0 Å². The number of allylic oxidation sites excluding steroid dienone is 1. The van der Waals surface area contributed by atoms with E-state index in [0.29, 0.717) is 5.76 Å². The van der Waals surface area contributed by atoms with Gasteiger partial charge in [0.15, 0.2) is 5.76 Å². The maximum Gasteiger partial charge on any atom is 0.279 e. The molecule has 0 radical (unpaired) electrons. The zero-order valence-electron chi connectivity index (χ0n) is 7.55. The number of nitrogens with zero attached hydrogens (tertiary/aromatic N) is 1. The zero-order valence-corrected chi connectivity index (χ0v) is 9.18. The first-order valence-electron chi connectivity index (χ1n) is 4.42. The Balaban J connectivity index is 1.96. The Hall–Kier alpha value is -0.490. The van der Waals surface area contributed by atoms with Crippen LogP contribution < -0.4 is 0 Å². The minimum absolute atomic E-state index is 0.139. The molecular weight excluding hydrogens is 222 g/mol. The van der Waals surface area contributed by atoms with Crippen molar-refractivity contribution in [2.45, 2.75) is 18.9 Å². The first kappa shape index (κ1) is 10.0. The highest BCUT2D eigenvalue weighted by Crippen LogP contribution is 2.22. The van der Waals surface area contributed by atoms with Gasteiger partial charge in [-0.3, -0.25) is 0 Å². The summed E-state index contributed by atoms with van der Waals surface area (Å²) in [7, 11) is -3.37. The Labute approximate surface area is 87.5 Å². The molecule has 0 aromatic heterocycles. The van der Waals surface area contributed by atoms with Crippen LogP contribution >= 0.6 is 11.8 Å². The molecule has 2 rings (SSSR count). The quantitative estimate of drug-likeness (QED) is 0.718. The molecule has 0 N–H and O–H groups in total. The van der Waals surface area contributed by atoms with E-state index in [4.69, 9.17) is 4.74 Å². The van der Waals surface area contributed by atoms with Crippen molar-refractivity contribution in [3.05, 3.63) is 11.2 Å². The average Bonchev–Trinajstić information content (AvgIpc) is 2.47. The topological polar surface area (TPSA) is 55.7 Å². The van der Waals surface area contributed by atoms with Gasteiger partial charge < -0.3 is 4.74 Å². The van der Waals surface area contributed by atoms with Crippen LogP contribution in [-0.4, -0.2) is 32.2 Å². The van der Waals surface area contributed by atoms with Gasteiger partial charge in [0, 0.05) is 5.75 Å². The van der Waals surface area contributed by atoms with Gasteiger partial charge in [-0.15, -0.1) is 0 Å². The molecule has 1 saturated heterocycles. The fourth-order valence-electron chi connectivity index (χ4n) is 1.39. The molecule has 1 atom stereocenters. The molecule has 14 heavy (non-hydrogen) atoms. The molecule has 78 valence electrons. The van der Waals surface area contributed by atoms with Crippen LogP contribution in [0.1, 0.15) is 12.8 Å². The lowest BCUT2D eigenvalue weighted by Crippen LogP contribution is -2.20. The van der Waals surface area contributed by atoms with Crippen molar-refractivity contribution < 1.29 is 13.2 Å². The summed E-state index contributed by atoms with van der Waals surface area (Å²) in [4.78, 5) is 0. The summed E-state index contributed by atoms with van der Waals surface area (Å²) in [6.07, 6.45) is 3.54. The Morgan fingerprint density at radius 3 is 3.00 bits per heavy atom. The fraction of sp³-hybridized carbons (Fsp3) is 0.625. The lowest BCUT2D eigenvalue weighted by molar-refractivity contribution is 0.141. The zero-order chi connectivity index (χ0) is 10.0. The van der Waals surface area contributed by atoms with Gasteiger partial charge in [-0.05, 0) is 18.6 Å². The first-order chi connectivity index (χ1) is 6.66. The summed E-state index contributed by atoms with van der Waals surface area (Å²) in [6, 6.07) is 0. The second-order valence-electron chi connectivity index (χ2n) is 3.23. The molecule has 0 aromatic rings. The molecule has 0 saturated carbocycles. The third-order valence-electron chi connectivity index (χ3n) is 2.01. The van der Waals surface area contributed by atoms with Crippen molar-refractivity contribution in [3.8, 4) is 0 Å². The number of ether oxygens (including phenoxy) is 1. The van der Waals surface area contributed by atoms with E-state index in [9.17, 15) is 8.42 Å². The number of hydrogen-bond acceptors (Lipinski definition) is 4. The largest absolute Gasteiger partial charge is 0.487 e. The van der Waals surface area contributed by atoms with Gasteiger partial charge in [0.2, 0.25) is 0 Å². The van der Waals surface area contributed by atoms with Crippen LogP contribution in [-0.2, 0) is 14.8 Å². The number of thioether (sulfide) groups is 1. The highest BCUT2D eigenvalue weighted by atomic mass is 32.2. The van der Waals surface area contributed by atoms with E-state index >= 15 is 0 Å². The van der Waals surface area contributed by atoms with Gasteiger partial charge in [0.05, 0.1) is 11.6 Å². The monoisotopic (exact) mass is 233 g/mol. The van der Waals surface area contributed by atoms with Crippen molar-refractivity contribution >= 4 is 28.0 Å². The van der Waals surface area contributed by atoms with Crippen LogP contribution in [0.4, 0.5) is 0 Å². The van der Waals surface area contributed by atoms with Crippen molar-refractivity contribution in [2.75, 3.05) is 11.5 Å². The molecule has 1 unspecified atom stereocenters. The smallest absolute Gasteiger partial charge is 0.279 e. The van der Waals surface area contributed by atoms with E-state index in [1.165, 1.54) is 12.0 Å². The molecule has 0 spiro atoms. The molecule has 2 aliphatic rings. The molecule has 2 aliphatic heterocycles. The predicted octanol–water partition coefficient (Wildman–Crippen LogP) is 1.15. The molecule has 2 heterocycles. The molecule has 0 aliphatic carbocycles. The van der Waals surface area contributed by atoms with Crippen molar-refractivity contribution in [2.24, 2.45) is 4.40 Å². The van der Waals surface area contributed by atoms with Gasteiger partial charge in [-0.2, -0.15) is 24.6 Å². The van der Waals surface area contributed by atoms with Gasteiger partial charge in [0.1, 0.15) is 6.10 Å². The summed E-state index contributed by atoms with van der Waals surface area (Å²) < 4.78 is 30.7. The predicted molar refractivity (Wildman–Crippen MR) is 56.9 cm³/mol. The maximum absolute atomic E-state index is 10.9. The Morgan fingerprint density at radius 1 is 1.57 bits per heavy atom. The second kappa shape index (κ2) is 3.94. The van der Waals surface area contributed by atoms with E-state index < -0.39 is 10.0 Å². The van der Waals surface area contributed by atoms with Crippen LogP contribution in [0.25, 0.3) is 0 Å². The minimum Gasteiger partial charge on any atom is -0.487 e. The van der Waals surface area contributed by atoms with E-state index in [1.807, 2.05) is 11.8 Å². The van der Waals surface area contributed by atoms with E-state index in [1.54, 1.807) is 0 Å². The Kier molecular flexibility index (Phi) is 2.83. The van der Waals surface area contributed by atoms with E-state index in [-0.39, 0.29) is 6.10 Å².